The first kappa shape index (κ1) is 41.9. The number of fused-ring (bicyclic) bond motifs is 1. The van der Waals surface area contributed by atoms with Crippen LogP contribution < -0.4 is 16.1 Å². The molecule has 3 N–H and O–H groups in total. The lowest BCUT2D eigenvalue weighted by atomic mass is 9.89. The first-order chi connectivity index (χ1) is 23.8. The van der Waals surface area contributed by atoms with Crippen molar-refractivity contribution in [3.63, 3.8) is 0 Å². The summed E-state index contributed by atoms with van der Waals surface area (Å²) >= 11 is 17.0. The first-order valence-corrected chi connectivity index (χ1v) is 17.6. The predicted octanol–water partition coefficient (Wildman–Crippen LogP) is 4.58. The molecule has 0 aliphatic carbocycles. The summed E-state index contributed by atoms with van der Waals surface area (Å²) in [4.78, 5) is 69.2. The van der Waals surface area contributed by atoms with Crippen LogP contribution in [0.3, 0.4) is 0 Å². The van der Waals surface area contributed by atoms with Crippen LogP contribution >= 0.6 is 34.8 Å². The Morgan fingerprint density at radius 3 is 2.39 bits per heavy atom. The van der Waals surface area contributed by atoms with E-state index >= 15 is 0 Å². The number of carbonyl (C=O) groups excluding carboxylic acids is 5. The molecule has 1 aliphatic heterocycles. The van der Waals surface area contributed by atoms with Gasteiger partial charge in [-0.3, -0.25) is 29.0 Å². The fourth-order valence-electron chi connectivity index (χ4n) is 5.19. The van der Waals surface area contributed by atoms with Gasteiger partial charge in [0, 0.05) is 26.0 Å². The lowest BCUT2D eigenvalue weighted by molar-refractivity contribution is -0.153. The molecule has 1 saturated heterocycles. The highest BCUT2D eigenvalue weighted by Crippen LogP contribution is 2.27. The van der Waals surface area contributed by atoms with Gasteiger partial charge >= 0.3 is 11.9 Å². The number of hydrogen-bond donors (Lipinski definition) is 3. The topological polar surface area (TPSA) is 165 Å². The maximum Gasteiger partial charge on any atom is 0.325 e. The Morgan fingerprint density at radius 2 is 1.76 bits per heavy atom. The number of nitrogens with one attached hydrogen (secondary N) is 3. The minimum Gasteiger partial charge on any atom is -0.460 e. The molecule has 0 bridgehead atoms. The minimum absolute atomic E-state index is 0.164. The molecule has 2 aromatic rings. The van der Waals surface area contributed by atoms with Gasteiger partial charge in [0.1, 0.15) is 30.8 Å². The van der Waals surface area contributed by atoms with Crippen molar-refractivity contribution in [3.8, 4) is 0 Å². The van der Waals surface area contributed by atoms with Crippen molar-refractivity contribution < 1.29 is 38.2 Å². The number of ether oxygens (including phenoxy) is 3. The number of benzene rings is 1. The number of amides is 3. The second kappa shape index (κ2) is 18.3. The quantitative estimate of drug-likeness (QED) is 0.183. The van der Waals surface area contributed by atoms with Crippen LogP contribution in [0.15, 0.2) is 36.4 Å². The molecule has 280 valence electrons. The number of halogens is 3. The molecule has 1 aliphatic rings. The minimum atomic E-state index is -1.78. The van der Waals surface area contributed by atoms with Crippen LogP contribution in [0.25, 0.3) is 17.0 Å². The summed E-state index contributed by atoms with van der Waals surface area (Å²) in [5.74, 6) is -2.96. The molecule has 0 spiro atoms. The summed E-state index contributed by atoms with van der Waals surface area (Å²) in [7, 11) is 1.39. The molecule has 2 heterocycles. The maximum absolute atomic E-state index is 13.6. The van der Waals surface area contributed by atoms with E-state index in [1.165, 1.54) is 19.0 Å². The van der Waals surface area contributed by atoms with Crippen LogP contribution in [0.4, 0.5) is 0 Å². The van der Waals surface area contributed by atoms with Gasteiger partial charge in [0.25, 0.3) is 5.91 Å². The highest BCUT2D eigenvalue weighted by atomic mass is 35.6. The van der Waals surface area contributed by atoms with Crippen LogP contribution in [0.1, 0.15) is 71.7 Å². The molecule has 13 nitrogen and oxygen atoms in total. The number of hydrogen-bond acceptors (Lipinski definition) is 10. The highest BCUT2D eigenvalue weighted by Gasteiger charge is 2.37. The fourth-order valence-corrected chi connectivity index (χ4v) is 5.36. The lowest BCUT2D eigenvalue weighted by Gasteiger charge is -2.35. The number of aromatic nitrogens is 1. The molecule has 1 fully saturated rings. The van der Waals surface area contributed by atoms with Gasteiger partial charge in [0.05, 0.1) is 23.2 Å². The molecule has 3 amide bonds. The van der Waals surface area contributed by atoms with Crippen molar-refractivity contribution in [2.45, 2.75) is 82.4 Å². The van der Waals surface area contributed by atoms with Gasteiger partial charge in [-0.25, -0.2) is 10.4 Å². The van der Waals surface area contributed by atoms with E-state index < -0.39 is 69.7 Å². The third kappa shape index (κ3) is 12.6. The van der Waals surface area contributed by atoms with E-state index in [1.807, 2.05) is 30.3 Å². The molecule has 1 aromatic heterocycles. The summed E-state index contributed by atoms with van der Waals surface area (Å²) in [5.41, 5.74) is 3.89. The number of carbonyl (C=O) groups is 5. The van der Waals surface area contributed by atoms with E-state index in [2.05, 4.69) is 21.0 Å². The fraction of sp³-hybridized carbons (Fsp3) is 0.543. The van der Waals surface area contributed by atoms with E-state index in [0.717, 1.165) is 10.9 Å². The number of esters is 2. The Labute approximate surface area is 313 Å². The predicted molar refractivity (Wildman–Crippen MR) is 194 cm³/mol. The molecule has 3 rings (SSSR count). The molecule has 4 atom stereocenters. The summed E-state index contributed by atoms with van der Waals surface area (Å²) in [6.07, 6.45) is 3.88. The normalized spacial score (nSPS) is 17.2. The van der Waals surface area contributed by atoms with E-state index in [1.54, 1.807) is 46.8 Å². The average molecular weight is 771 g/mol. The van der Waals surface area contributed by atoms with E-state index in [0.29, 0.717) is 24.1 Å². The maximum atomic E-state index is 13.6. The van der Waals surface area contributed by atoms with Crippen molar-refractivity contribution >= 4 is 81.4 Å². The highest BCUT2D eigenvalue weighted by molar-refractivity contribution is 6.67. The Morgan fingerprint density at radius 1 is 1.08 bits per heavy atom. The van der Waals surface area contributed by atoms with Gasteiger partial charge in [-0.1, -0.05) is 79.0 Å². The Kier molecular flexibility index (Phi) is 15.1. The van der Waals surface area contributed by atoms with Crippen molar-refractivity contribution in [2.75, 3.05) is 26.9 Å². The van der Waals surface area contributed by atoms with Crippen LogP contribution in [-0.2, 0) is 38.2 Å². The molecular formula is C35H46Cl3N5O8. The molecular weight excluding hydrogens is 725 g/mol. The van der Waals surface area contributed by atoms with E-state index in [9.17, 15) is 24.0 Å². The first-order valence-electron chi connectivity index (χ1n) is 16.5. The molecule has 0 saturated carbocycles. The number of nitrogens with zero attached hydrogens (tertiary/aromatic N) is 2. The summed E-state index contributed by atoms with van der Waals surface area (Å²) < 4.78 is 13.8. The van der Waals surface area contributed by atoms with Crippen molar-refractivity contribution in [2.24, 2.45) is 11.3 Å². The Balaban J connectivity index is 1.69. The van der Waals surface area contributed by atoms with Gasteiger partial charge in [0.2, 0.25) is 15.6 Å². The standard InChI is InChI=1S/C35H46Cl3N5O8/c1-20(2)29(30(45)40-28(18-49-7)31(46)43-16-8-9-26(42-43)32(47)50-19-35(36,37)38)41-33(48)34(5,6)15-14-23-10-11-24-12-13-25(39-27(24)17-23)21(3)51-22(4)44/h10-15,17,20-21,26,28-29,42H,8-9,16,18-19H2,1-7H3,(H,40,45)(H,41,48)/t21-,26?,28?,29?/m1/s1. The number of hydrazine groups is 1. The van der Waals surface area contributed by atoms with Gasteiger partial charge < -0.3 is 24.8 Å². The Hall–Kier alpha value is -3.49. The molecule has 3 unspecified atom stereocenters. The van der Waals surface area contributed by atoms with Crippen LogP contribution in [0.5, 0.6) is 0 Å². The number of alkyl halides is 3. The lowest BCUT2D eigenvalue weighted by Crippen LogP contribution is -2.62. The van der Waals surface area contributed by atoms with Crippen molar-refractivity contribution in [3.05, 3.63) is 47.7 Å². The second-order valence-electron chi connectivity index (χ2n) is 13.2. The van der Waals surface area contributed by atoms with Gasteiger partial charge in [-0.05, 0) is 57.2 Å². The van der Waals surface area contributed by atoms with Crippen molar-refractivity contribution in [1.82, 2.24) is 26.1 Å². The van der Waals surface area contributed by atoms with Crippen molar-refractivity contribution in [1.29, 1.82) is 0 Å². The van der Waals surface area contributed by atoms with E-state index in [-0.39, 0.29) is 19.1 Å². The second-order valence-corrected chi connectivity index (χ2v) is 15.8. The number of rotatable bonds is 14. The summed E-state index contributed by atoms with van der Waals surface area (Å²) in [6, 6.07) is 6.40. The Bertz CT molecular complexity index is 1610. The summed E-state index contributed by atoms with van der Waals surface area (Å²) in [6.45, 7) is 9.73. The SMILES string of the molecule is COCC(NC(=O)C(NC(=O)C(C)(C)C=Cc1ccc2ccc([C@@H](C)OC(C)=O)nc2c1)C(C)C)C(=O)N1CCCC(C(=O)OCC(Cl)(Cl)Cl)N1. The molecule has 0 radical (unpaired) electrons. The molecule has 51 heavy (non-hydrogen) atoms. The smallest absolute Gasteiger partial charge is 0.325 e. The summed E-state index contributed by atoms with van der Waals surface area (Å²) in [5, 5.41) is 7.68. The average Bonchev–Trinajstić information content (AvgIpc) is 3.06. The van der Waals surface area contributed by atoms with Crippen LogP contribution in [0, 0.1) is 11.3 Å². The molecule has 1 aromatic carbocycles. The zero-order valence-electron chi connectivity index (χ0n) is 29.8. The largest absolute Gasteiger partial charge is 0.460 e. The third-order valence-corrected chi connectivity index (χ3v) is 8.40. The molecule has 16 heteroatoms. The van der Waals surface area contributed by atoms with Gasteiger partial charge in [-0.2, -0.15) is 0 Å². The van der Waals surface area contributed by atoms with Crippen LogP contribution in [-0.4, -0.2) is 88.4 Å². The number of pyridine rings is 1. The number of methoxy groups -OCH3 is 1. The third-order valence-electron chi connectivity index (χ3n) is 8.07. The van der Waals surface area contributed by atoms with Crippen LogP contribution in [0.2, 0.25) is 0 Å². The van der Waals surface area contributed by atoms with Gasteiger partial charge in [-0.15, -0.1) is 0 Å². The zero-order valence-corrected chi connectivity index (χ0v) is 32.0. The van der Waals surface area contributed by atoms with E-state index in [4.69, 9.17) is 49.0 Å². The monoisotopic (exact) mass is 769 g/mol. The van der Waals surface area contributed by atoms with Gasteiger partial charge in [0.15, 0.2) is 0 Å². The zero-order chi connectivity index (χ0) is 38.1.